The molecule has 0 aliphatic heterocycles. The van der Waals surface area contributed by atoms with E-state index in [1.807, 2.05) is 6.08 Å². The first-order valence-electron chi connectivity index (χ1n) is 4.43. The third-order valence-electron chi connectivity index (χ3n) is 1.78. The Morgan fingerprint density at radius 2 is 2.09 bits per heavy atom. The number of rotatable bonds is 6. The predicted octanol–water partition coefficient (Wildman–Crippen LogP) is 2.96. The zero-order chi connectivity index (χ0) is 8.53. The summed E-state index contributed by atoms with van der Waals surface area (Å²) in [6, 6.07) is 0. The van der Waals surface area contributed by atoms with Crippen LogP contribution in [0.15, 0.2) is 12.2 Å². The van der Waals surface area contributed by atoms with Gasteiger partial charge in [0.25, 0.3) is 0 Å². The minimum atomic E-state index is 0.562. The van der Waals surface area contributed by atoms with E-state index in [1.165, 1.54) is 25.7 Å². The second-order valence-corrected chi connectivity index (χ2v) is 2.99. The van der Waals surface area contributed by atoms with E-state index < -0.39 is 0 Å². The molecule has 0 rings (SSSR count). The summed E-state index contributed by atoms with van der Waals surface area (Å²) in [6.45, 7) is 4.35. The smallest absolute Gasteiger partial charge is 0.142 e. The van der Waals surface area contributed by atoms with Gasteiger partial charge in [-0.3, -0.25) is 4.79 Å². The molecule has 0 heterocycles. The molecule has 1 nitrogen and oxygen atoms in total. The summed E-state index contributed by atoms with van der Waals surface area (Å²) in [7, 11) is 0. The van der Waals surface area contributed by atoms with Crippen molar-refractivity contribution < 1.29 is 4.79 Å². The topological polar surface area (TPSA) is 17.1 Å². The van der Waals surface area contributed by atoms with Gasteiger partial charge in [-0.1, -0.05) is 39.2 Å². The molecule has 0 saturated carbocycles. The average molecular weight is 154 g/mol. The molecule has 11 heavy (non-hydrogen) atoms. The summed E-state index contributed by atoms with van der Waals surface area (Å²) < 4.78 is 0. The van der Waals surface area contributed by atoms with Crippen LogP contribution >= 0.6 is 0 Å². The van der Waals surface area contributed by atoms with Crippen LogP contribution in [0.5, 0.6) is 0 Å². The summed E-state index contributed by atoms with van der Waals surface area (Å²) in [5, 5.41) is 0. The Morgan fingerprint density at radius 3 is 2.64 bits per heavy atom. The Kier molecular flexibility index (Phi) is 7.11. The molecule has 0 bridgehead atoms. The van der Waals surface area contributed by atoms with E-state index in [2.05, 4.69) is 13.8 Å². The Morgan fingerprint density at radius 1 is 1.36 bits per heavy atom. The second-order valence-electron chi connectivity index (χ2n) is 2.99. The third-order valence-corrected chi connectivity index (χ3v) is 1.78. The molecule has 64 valence electrons. The van der Waals surface area contributed by atoms with E-state index in [0.717, 1.165) is 6.29 Å². The molecule has 1 heteroatoms. The molecule has 0 aliphatic rings. The van der Waals surface area contributed by atoms with Crippen LogP contribution in [0, 0.1) is 5.92 Å². The van der Waals surface area contributed by atoms with Gasteiger partial charge in [-0.15, -0.1) is 0 Å². The van der Waals surface area contributed by atoms with Crippen LogP contribution in [0.4, 0.5) is 0 Å². The molecule has 1 unspecified atom stereocenters. The van der Waals surface area contributed by atoms with Gasteiger partial charge in [-0.25, -0.2) is 0 Å². The normalized spacial score (nSPS) is 13.6. The van der Waals surface area contributed by atoms with Crippen molar-refractivity contribution in [2.75, 3.05) is 0 Å². The minimum absolute atomic E-state index is 0.562. The van der Waals surface area contributed by atoms with Gasteiger partial charge in [0, 0.05) is 0 Å². The summed E-state index contributed by atoms with van der Waals surface area (Å²) >= 11 is 0. The van der Waals surface area contributed by atoms with Crippen LogP contribution in [0.1, 0.15) is 39.5 Å². The summed E-state index contributed by atoms with van der Waals surface area (Å²) in [4.78, 5) is 9.95. The highest BCUT2D eigenvalue weighted by Crippen LogP contribution is 2.09. The first-order chi connectivity index (χ1) is 5.31. The molecule has 0 aromatic carbocycles. The lowest BCUT2D eigenvalue weighted by atomic mass is 10.0. The van der Waals surface area contributed by atoms with E-state index in [9.17, 15) is 4.79 Å². The van der Waals surface area contributed by atoms with Gasteiger partial charge in [0.1, 0.15) is 6.29 Å². The Hall–Kier alpha value is -0.590. The number of aldehydes is 1. The molecule has 0 fully saturated rings. The predicted molar refractivity (Wildman–Crippen MR) is 48.5 cm³/mol. The molecule has 0 radical (unpaired) electrons. The van der Waals surface area contributed by atoms with Gasteiger partial charge >= 0.3 is 0 Å². The Balaban J connectivity index is 3.28. The van der Waals surface area contributed by atoms with Gasteiger partial charge in [0.05, 0.1) is 0 Å². The SMILES string of the molecule is CCCCCC(C)C=CC=O. The Labute approximate surface area is 69.5 Å². The van der Waals surface area contributed by atoms with E-state index in [0.29, 0.717) is 5.92 Å². The quantitative estimate of drug-likeness (QED) is 0.326. The van der Waals surface area contributed by atoms with E-state index >= 15 is 0 Å². The molecular formula is C10H18O. The fraction of sp³-hybridized carbons (Fsp3) is 0.700. The van der Waals surface area contributed by atoms with E-state index in [4.69, 9.17) is 0 Å². The molecule has 0 aromatic heterocycles. The van der Waals surface area contributed by atoms with Crippen molar-refractivity contribution in [1.29, 1.82) is 0 Å². The average Bonchev–Trinajstić information content (AvgIpc) is 2.01. The maximum absolute atomic E-state index is 9.95. The van der Waals surface area contributed by atoms with E-state index in [-0.39, 0.29) is 0 Å². The molecule has 1 atom stereocenters. The van der Waals surface area contributed by atoms with E-state index in [1.54, 1.807) is 6.08 Å². The maximum Gasteiger partial charge on any atom is 0.142 e. The largest absolute Gasteiger partial charge is 0.299 e. The van der Waals surface area contributed by atoms with Crippen molar-refractivity contribution in [3.8, 4) is 0 Å². The zero-order valence-corrected chi connectivity index (χ0v) is 7.55. The Bertz CT molecular complexity index is 116. The van der Waals surface area contributed by atoms with Crippen molar-refractivity contribution >= 4 is 6.29 Å². The fourth-order valence-corrected chi connectivity index (χ4v) is 1.05. The van der Waals surface area contributed by atoms with Gasteiger partial charge < -0.3 is 0 Å². The number of hydrogen-bond donors (Lipinski definition) is 0. The molecular weight excluding hydrogens is 136 g/mol. The highest BCUT2D eigenvalue weighted by Gasteiger charge is 1.94. The second kappa shape index (κ2) is 7.52. The summed E-state index contributed by atoms with van der Waals surface area (Å²) in [5.74, 6) is 0.562. The summed E-state index contributed by atoms with van der Waals surface area (Å²) in [6.07, 6.45) is 9.47. The molecule has 0 amide bonds. The monoisotopic (exact) mass is 154 g/mol. The maximum atomic E-state index is 9.95. The van der Waals surface area contributed by atoms with Crippen LogP contribution in [0.2, 0.25) is 0 Å². The highest BCUT2D eigenvalue weighted by atomic mass is 16.1. The number of hydrogen-bond acceptors (Lipinski definition) is 1. The third kappa shape index (κ3) is 7.31. The highest BCUT2D eigenvalue weighted by molar-refractivity contribution is 5.64. The number of allylic oxidation sites excluding steroid dienone is 2. The molecule has 0 spiro atoms. The minimum Gasteiger partial charge on any atom is -0.299 e. The first-order valence-corrected chi connectivity index (χ1v) is 4.43. The van der Waals surface area contributed by atoms with Gasteiger partial charge in [0.2, 0.25) is 0 Å². The fourth-order valence-electron chi connectivity index (χ4n) is 1.05. The lowest BCUT2D eigenvalue weighted by Crippen LogP contribution is -1.89. The standard InChI is InChI=1S/C10H18O/c1-3-4-5-7-10(2)8-6-9-11/h6,8-10H,3-5,7H2,1-2H3. The summed E-state index contributed by atoms with van der Waals surface area (Å²) in [5.41, 5.74) is 0. The number of carbonyl (C=O) groups excluding carboxylic acids is 1. The lowest BCUT2D eigenvalue weighted by Gasteiger charge is -2.03. The van der Waals surface area contributed by atoms with Crippen molar-refractivity contribution in [1.82, 2.24) is 0 Å². The number of unbranched alkanes of at least 4 members (excludes halogenated alkanes) is 2. The molecule has 0 N–H and O–H groups in total. The van der Waals surface area contributed by atoms with Gasteiger partial charge in [-0.2, -0.15) is 0 Å². The van der Waals surface area contributed by atoms with Crippen molar-refractivity contribution in [3.05, 3.63) is 12.2 Å². The molecule has 0 aromatic rings. The van der Waals surface area contributed by atoms with Crippen LogP contribution in [-0.2, 0) is 4.79 Å². The zero-order valence-electron chi connectivity index (χ0n) is 7.55. The van der Waals surface area contributed by atoms with Crippen molar-refractivity contribution in [3.63, 3.8) is 0 Å². The number of carbonyl (C=O) groups is 1. The van der Waals surface area contributed by atoms with Crippen LogP contribution in [0.25, 0.3) is 0 Å². The molecule has 0 saturated heterocycles. The molecule has 0 aliphatic carbocycles. The van der Waals surface area contributed by atoms with Crippen LogP contribution in [0.3, 0.4) is 0 Å². The van der Waals surface area contributed by atoms with Crippen LogP contribution in [-0.4, -0.2) is 6.29 Å². The first kappa shape index (κ1) is 10.4. The lowest BCUT2D eigenvalue weighted by molar-refractivity contribution is -0.104. The van der Waals surface area contributed by atoms with Gasteiger partial charge in [0.15, 0.2) is 0 Å². The van der Waals surface area contributed by atoms with Crippen LogP contribution < -0.4 is 0 Å². The van der Waals surface area contributed by atoms with Gasteiger partial charge in [-0.05, 0) is 18.4 Å². The van der Waals surface area contributed by atoms with Crippen molar-refractivity contribution in [2.45, 2.75) is 39.5 Å². The van der Waals surface area contributed by atoms with Crippen molar-refractivity contribution in [2.24, 2.45) is 5.92 Å².